The average molecular weight is 264 g/mol. The number of rotatable bonds is 5. The van der Waals surface area contributed by atoms with Gasteiger partial charge in [0.2, 0.25) is 0 Å². The summed E-state index contributed by atoms with van der Waals surface area (Å²) in [5.41, 5.74) is 0. The van der Waals surface area contributed by atoms with Gasteiger partial charge in [-0.05, 0) is 37.3 Å². The van der Waals surface area contributed by atoms with Gasteiger partial charge in [-0.15, -0.1) is 11.3 Å². The molecule has 1 fully saturated rings. The van der Waals surface area contributed by atoms with Crippen LogP contribution in [0.3, 0.4) is 0 Å². The average Bonchev–Trinajstić information content (AvgIpc) is 2.86. The Kier molecular flexibility index (Phi) is 4.99. The van der Waals surface area contributed by atoms with Crippen LogP contribution in [0.15, 0.2) is 12.1 Å². The fraction of sp³-hybridized carbons (Fsp3) is 0.688. The van der Waals surface area contributed by atoms with E-state index in [2.05, 4.69) is 26.0 Å². The molecule has 0 aromatic carbocycles. The number of hydrogen-bond acceptors (Lipinski definition) is 2. The zero-order valence-corrected chi connectivity index (χ0v) is 12.4. The maximum absolute atomic E-state index is 12.3. The van der Waals surface area contributed by atoms with Crippen LogP contribution in [0.2, 0.25) is 0 Å². The van der Waals surface area contributed by atoms with Crippen molar-refractivity contribution in [3.8, 4) is 0 Å². The molecule has 2 rings (SSSR count). The van der Waals surface area contributed by atoms with Gasteiger partial charge in [0.15, 0.2) is 0 Å². The van der Waals surface area contributed by atoms with E-state index in [0.717, 1.165) is 25.2 Å². The largest absolute Gasteiger partial charge is 0.299 e. The summed E-state index contributed by atoms with van der Waals surface area (Å²) in [6.45, 7) is 4.43. The van der Waals surface area contributed by atoms with E-state index in [1.807, 2.05) is 11.3 Å². The molecule has 0 bridgehead atoms. The Labute approximate surface area is 115 Å². The molecule has 0 amide bonds. The van der Waals surface area contributed by atoms with Crippen LogP contribution in [-0.2, 0) is 17.6 Å². The van der Waals surface area contributed by atoms with Gasteiger partial charge in [-0.2, -0.15) is 0 Å². The van der Waals surface area contributed by atoms with E-state index in [1.165, 1.54) is 29.0 Å². The summed E-state index contributed by atoms with van der Waals surface area (Å²) < 4.78 is 0. The molecule has 1 heterocycles. The lowest BCUT2D eigenvalue weighted by Crippen LogP contribution is -2.23. The minimum absolute atomic E-state index is 0.343. The Hall–Kier alpha value is -0.630. The van der Waals surface area contributed by atoms with Crippen molar-refractivity contribution >= 4 is 17.1 Å². The Balaban J connectivity index is 1.90. The molecule has 0 radical (unpaired) electrons. The lowest BCUT2D eigenvalue weighted by atomic mass is 9.77. The number of carbonyl (C=O) groups excluding carboxylic acids is 1. The molecule has 1 aliphatic carbocycles. The van der Waals surface area contributed by atoms with Crippen LogP contribution in [0, 0.1) is 11.8 Å². The first-order chi connectivity index (χ1) is 8.72. The summed E-state index contributed by atoms with van der Waals surface area (Å²) in [4.78, 5) is 15.0. The Morgan fingerprint density at radius 2 is 2.06 bits per heavy atom. The van der Waals surface area contributed by atoms with Crippen molar-refractivity contribution in [1.29, 1.82) is 0 Å². The van der Waals surface area contributed by atoms with Crippen LogP contribution in [-0.4, -0.2) is 5.78 Å². The SMILES string of the molecule is CCc1ccc(CC(=O)C2CCCC(CC)C2)s1. The predicted molar refractivity (Wildman–Crippen MR) is 78.1 cm³/mol. The minimum atomic E-state index is 0.343. The molecular weight excluding hydrogens is 240 g/mol. The Morgan fingerprint density at radius 3 is 2.72 bits per heavy atom. The van der Waals surface area contributed by atoms with Gasteiger partial charge in [0.1, 0.15) is 5.78 Å². The van der Waals surface area contributed by atoms with Gasteiger partial charge in [-0.3, -0.25) is 4.79 Å². The zero-order valence-electron chi connectivity index (χ0n) is 11.6. The topological polar surface area (TPSA) is 17.1 Å². The summed E-state index contributed by atoms with van der Waals surface area (Å²) in [6.07, 6.45) is 7.84. The molecule has 0 saturated heterocycles. The van der Waals surface area contributed by atoms with Gasteiger partial charge >= 0.3 is 0 Å². The van der Waals surface area contributed by atoms with E-state index in [4.69, 9.17) is 0 Å². The van der Waals surface area contributed by atoms with Crippen LogP contribution in [0.5, 0.6) is 0 Å². The van der Waals surface area contributed by atoms with E-state index in [0.29, 0.717) is 18.1 Å². The van der Waals surface area contributed by atoms with Crippen molar-refractivity contribution in [3.05, 3.63) is 21.9 Å². The van der Waals surface area contributed by atoms with Gasteiger partial charge < -0.3 is 0 Å². The van der Waals surface area contributed by atoms with Crippen LogP contribution < -0.4 is 0 Å². The molecular formula is C16H24OS. The highest BCUT2D eigenvalue weighted by Crippen LogP contribution is 2.32. The highest BCUT2D eigenvalue weighted by Gasteiger charge is 2.26. The lowest BCUT2D eigenvalue weighted by Gasteiger charge is -2.27. The van der Waals surface area contributed by atoms with Crippen molar-refractivity contribution in [2.75, 3.05) is 0 Å². The van der Waals surface area contributed by atoms with E-state index < -0.39 is 0 Å². The van der Waals surface area contributed by atoms with Crippen LogP contribution in [0.4, 0.5) is 0 Å². The van der Waals surface area contributed by atoms with E-state index in [-0.39, 0.29) is 0 Å². The first-order valence-corrected chi connectivity index (χ1v) is 8.14. The van der Waals surface area contributed by atoms with Crippen LogP contribution >= 0.6 is 11.3 Å². The third-order valence-electron chi connectivity index (χ3n) is 4.23. The maximum atomic E-state index is 12.3. The second-order valence-corrected chi connectivity index (χ2v) is 6.76. The monoisotopic (exact) mass is 264 g/mol. The molecule has 1 aliphatic rings. The second kappa shape index (κ2) is 6.51. The molecule has 1 aromatic rings. The van der Waals surface area contributed by atoms with Crippen molar-refractivity contribution in [3.63, 3.8) is 0 Å². The highest BCUT2D eigenvalue weighted by molar-refractivity contribution is 7.12. The summed E-state index contributed by atoms with van der Waals surface area (Å²) in [7, 11) is 0. The fourth-order valence-electron chi connectivity index (χ4n) is 2.98. The van der Waals surface area contributed by atoms with E-state index in [9.17, 15) is 4.79 Å². The standard InChI is InChI=1S/C16H24OS/c1-3-12-6-5-7-13(10-12)16(17)11-15-9-8-14(4-2)18-15/h8-9,12-13H,3-7,10-11H2,1-2H3. The van der Waals surface area contributed by atoms with Crippen molar-refractivity contribution < 1.29 is 4.79 Å². The summed E-state index contributed by atoms with van der Waals surface area (Å²) >= 11 is 1.81. The maximum Gasteiger partial charge on any atom is 0.141 e. The van der Waals surface area contributed by atoms with E-state index >= 15 is 0 Å². The first-order valence-electron chi connectivity index (χ1n) is 7.33. The molecule has 0 aliphatic heterocycles. The molecule has 100 valence electrons. The van der Waals surface area contributed by atoms with Gasteiger partial charge in [0.05, 0.1) is 0 Å². The Bertz CT molecular complexity index is 394. The molecule has 1 aromatic heterocycles. The van der Waals surface area contributed by atoms with Crippen molar-refractivity contribution in [2.24, 2.45) is 11.8 Å². The summed E-state index contributed by atoms with van der Waals surface area (Å²) in [5, 5.41) is 0. The van der Waals surface area contributed by atoms with Crippen molar-refractivity contribution in [1.82, 2.24) is 0 Å². The number of Topliss-reactive ketones (excluding diaryl/α,β-unsaturated/α-hetero) is 1. The highest BCUT2D eigenvalue weighted by atomic mass is 32.1. The molecule has 1 nitrogen and oxygen atoms in total. The quantitative estimate of drug-likeness (QED) is 0.757. The third-order valence-corrected chi connectivity index (χ3v) is 5.46. The van der Waals surface area contributed by atoms with Gasteiger partial charge in [0, 0.05) is 22.1 Å². The molecule has 1 saturated carbocycles. The minimum Gasteiger partial charge on any atom is -0.299 e. The number of carbonyl (C=O) groups is 1. The number of hydrogen-bond donors (Lipinski definition) is 0. The van der Waals surface area contributed by atoms with Crippen LogP contribution in [0.1, 0.15) is 55.7 Å². The molecule has 0 N–H and O–H groups in total. The molecule has 0 spiro atoms. The van der Waals surface area contributed by atoms with Crippen LogP contribution in [0.25, 0.3) is 0 Å². The number of aryl methyl sites for hydroxylation is 1. The number of thiophene rings is 1. The predicted octanol–water partition coefficient (Wildman–Crippen LogP) is 4.64. The van der Waals surface area contributed by atoms with E-state index in [1.54, 1.807) is 0 Å². The molecule has 2 unspecified atom stereocenters. The first kappa shape index (κ1) is 13.8. The fourth-order valence-corrected chi connectivity index (χ4v) is 3.95. The summed E-state index contributed by atoms with van der Waals surface area (Å²) in [5.74, 6) is 1.62. The lowest BCUT2D eigenvalue weighted by molar-refractivity contribution is -0.123. The normalized spacial score (nSPS) is 24.1. The molecule has 2 heteroatoms. The summed E-state index contributed by atoms with van der Waals surface area (Å²) in [6, 6.07) is 4.31. The third kappa shape index (κ3) is 3.44. The number of ketones is 1. The smallest absolute Gasteiger partial charge is 0.141 e. The van der Waals surface area contributed by atoms with Gasteiger partial charge in [-0.1, -0.05) is 33.1 Å². The molecule has 2 atom stereocenters. The van der Waals surface area contributed by atoms with Gasteiger partial charge in [0.25, 0.3) is 0 Å². The second-order valence-electron chi connectivity index (χ2n) is 5.50. The zero-order chi connectivity index (χ0) is 13.0. The molecule has 18 heavy (non-hydrogen) atoms. The Morgan fingerprint density at radius 1 is 1.28 bits per heavy atom. The van der Waals surface area contributed by atoms with Gasteiger partial charge in [-0.25, -0.2) is 0 Å². The van der Waals surface area contributed by atoms with Crippen molar-refractivity contribution in [2.45, 2.75) is 58.8 Å².